The van der Waals surface area contributed by atoms with Crippen LogP contribution in [0.15, 0.2) is 0 Å². The largest absolute Gasteiger partial charge is 0.480 e. The van der Waals surface area contributed by atoms with Crippen LogP contribution in [0, 0.1) is 0 Å². The van der Waals surface area contributed by atoms with Gasteiger partial charge >= 0.3 is 12.0 Å². The molecule has 2 amide bonds. The fraction of sp³-hybridized carbons (Fsp3) is 0.778. The van der Waals surface area contributed by atoms with E-state index in [1.807, 2.05) is 0 Å². The van der Waals surface area contributed by atoms with E-state index in [-0.39, 0.29) is 31.7 Å². The van der Waals surface area contributed by atoms with Crippen molar-refractivity contribution in [1.29, 1.82) is 0 Å². The minimum absolute atomic E-state index is 0.0140. The van der Waals surface area contributed by atoms with Crippen LogP contribution in [0.1, 0.15) is 12.8 Å². The fourth-order valence-corrected chi connectivity index (χ4v) is 2.39. The Balaban J connectivity index is 2.42. The second-order valence-electron chi connectivity index (χ2n) is 4.35. The Morgan fingerprint density at radius 3 is 2.58 bits per heavy atom. The van der Waals surface area contributed by atoms with E-state index in [2.05, 4.69) is 5.32 Å². The minimum atomic E-state index is -3.57. The molecular weight excluding hydrogens is 278 g/mol. The first kappa shape index (κ1) is 15.7. The summed E-state index contributed by atoms with van der Waals surface area (Å²) in [7, 11) is -3.57. The molecule has 0 radical (unpaired) electrons. The quantitative estimate of drug-likeness (QED) is 0.426. The molecule has 0 aliphatic carbocycles. The maximum atomic E-state index is 11.7. The second kappa shape index (κ2) is 6.17. The van der Waals surface area contributed by atoms with Crippen LogP contribution in [0.2, 0.25) is 0 Å². The normalized spacial score (nSPS) is 23.4. The molecule has 1 aliphatic heterocycles. The molecule has 0 spiro atoms. The number of nitrogens with two attached hydrogens (primary N) is 1. The highest BCUT2D eigenvalue weighted by Crippen LogP contribution is 2.17. The van der Waals surface area contributed by atoms with Gasteiger partial charge in [0.1, 0.15) is 6.04 Å². The van der Waals surface area contributed by atoms with Crippen molar-refractivity contribution in [1.82, 2.24) is 10.2 Å². The summed E-state index contributed by atoms with van der Waals surface area (Å²) in [6.45, 7) is 0.00614. The highest BCUT2D eigenvalue weighted by Gasteiger charge is 2.38. The predicted octanol–water partition coefficient (Wildman–Crippen LogP) is -2.11. The Morgan fingerprint density at radius 2 is 2.05 bits per heavy atom. The van der Waals surface area contributed by atoms with E-state index < -0.39 is 34.2 Å². The zero-order valence-corrected chi connectivity index (χ0v) is 11.0. The lowest BCUT2D eigenvalue weighted by Gasteiger charge is -2.21. The molecule has 0 bridgehead atoms. The predicted molar refractivity (Wildman–Crippen MR) is 64.7 cm³/mol. The molecule has 2 atom stereocenters. The van der Waals surface area contributed by atoms with E-state index in [1.54, 1.807) is 0 Å². The first-order valence-corrected chi connectivity index (χ1v) is 7.38. The molecule has 110 valence electrons. The summed E-state index contributed by atoms with van der Waals surface area (Å²) in [6.07, 6.45) is -0.741. The number of carboxylic acids is 1. The first-order valence-electron chi connectivity index (χ1n) is 5.66. The lowest BCUT2D eigenvalue weighted by molar-refractivity contribution is -0.141. The van der Waals surface area contributed by atoms with Gasteiger partial charge in [0.15, 0.2) is 0 Å². The van der Waals surface area contributed by atoms with Gasteiger partial charge in [-0.25, -0.2) is 23.1 Å². The SMILES string of the molecule is NS(=O)(=O)CCCNC(=O)N1C[C@H](O)C[C@H]1C(=O)O. The van der Waals surface area contributed by atoms with Gasteiger partial charge in [-0.3, -0.25) is 0 Å². The van der Waals surface area contributed by atoms with Crippen molar-refractivity contribution < 1.29 is 28.2 Å². The lowest BCUT2D eigenvalue weighted by atomic mass is 10.2. The van der Waals surface area contributed by atoms with Crippen molar-refractivity contribution in [2.75, 3.05) is 18.8 Å². The molecule has 5 N–H and O–H groups in total. The number of nitrogens with zero attached hydrogens (tertiary/aromatic N) is 1. The molecule has 0 unspecified atom stereocenters. The molecule has 9 nitrogen and oxygen atoms in total. The van der Waals surface area contributed by atoms with Gasteiger partial charge in [0.2, 0.25) is 10.0 Å². The van der Waals surface area contributed by atoms with Crippen LogP contribution >= 0.6 is 0 Å². The topological polar surface area (TPSA) is 150 Å². The van der Waals surface area contributed by atoms with E-state index in [4.69, 9.17) is 10.2 Å². The number of hydrogen-bond acceptors (Lipinski definition) is 5. The van der Waals surface area contributed by atoms with Gasteiger partial charge < -0.3 is 20.4 Å². The zero-order valence-electron chi connectivity index (χ0n) is 10.2. The minimum Gasteiger partial charge on any atom is -0.480 e. The monoisotopic (exact) mass is 295 g/mol. The summed E-state index contributed by atoms with van der Waals surface area (Å²) >= 11 is 0. The third-order valence-electron chi connectivity index (χ3n) is 2.71. The fourth-order valence-electron chi connectivity index (χ4n) is 1.84. The summed E-state index contributed by atoms with van der Waals surface area (Å²) < 4.78 is 21.3. The molecule has 0 aromatic heterocycles. The molecule has 1 saturated heterocycles. The van der Waals surface area contributed by atoms with Crippen LogP contribution in [0.25, 0.3) is 0 Å². The number of carbonyl (C=O) groups excluding carboxylic acids is 1. The summed E-state index contributed by atoms with van der Waals surface area (Å²) in [6, 6.07) is -1.70. The maximum Gasteiger partial charge on any atom is 0.326 e. The van der Waals surface area contributed by atoms with Crippen molar-refractivity contribution >= 4 is 22.0 Å². The summed E-state index contributed by atoms with van der Waals surface area (Å²) in [4.78, 5) is 23.6. The number of rotatable bonds is 5. The number of aliphatic hydroxyl groups excluding tert-OH is 1. The van der Waals surface area contributed by atoms with Crippen LogP contribution in [0.4, 0.5) is 4.79 Å². The van der Waals surface area contributed by atoms with Crippen molar-refractivity contribution in [3.8, 4) is 0 Å². The van der Waals surface area contributed by atoms with Crippen molar-refractivity contribution in [3.05, 3.63) is 0 Å². The smallest absolute Gasteiger partial charge is 0.326 e. The van der Waals surface area contributed by atoms with Crippen molar-refractivity contribution in [2.45, 2.75) is 25.0 Å². The van der Waals surface area contributed by atoms with Crippen LogP contribution in [0.5, 0.6) is 0 Å². The zero-order chi connectivity index (χ0) is 14.6. The van der Waals surface area contributed by atoms with Gasteiger partial charge in [0.05, 0.1) is 11.9 Å². The standard InChI is InChI=1S/C9H17N3O6S/c10-19(17,18)3-1-2-11-9(16)12-5-6(13)4-7(12)8(14)15/h6-7,13H,1-5H2,(H,11,16)(H,14,15)(H2,10,17,18)/t6-,7+/m1/s1. The van der Waals surface area contributed by atoms with Gasteiger partial charge in [-0.2, -0.15) is 0 Å². The van der Waals surface area contributed by atoms with Gasteiger partial charge in [-0.05, 0) is 6.42 Å². The maximum absolute atomic E-state index is 11.7. The summed E-state index contributed by atoms with van der Waals surface area (Å²) in [5.74, 6) is -1.45. The second-order valence-corrected chi connectivity index (χ2v) is 6.08. The number of carboxylic acid groups (broad SMARTS) is 1. The number of likely N-dealkylation sites (tertiary alicyclic amines) is 1. The number of aliphatic hydroxyl groups is 1. The molecule has 0 aromatic rings. The molecule has 0 saturated carbocycles. The van der Waals surface area contributed by atoms with E-state index in [9.17, 15) is 23.1 Å². The molecule has 10 heteroatoms. The molecule has 1 fully saturated rings. The molecule has 1 aliphatic rings. The number of carbonyl (C=O) groups is 2. The van der Waals surface area contributed by atoms with Crippen molar-refractivity contribution in [2.24, 2.45) is 5.14 Å². The van der Waals surface area contributed by atoms with Gasteiger partial charge in [-0.15, -0.1) is 0 Å². The molecular formula is C9H17N3O6S. The van der Waals surface area contributed by atoms with E-state index in [0.29, 0.717) is 0 Å². The summed E-state index contributed by atoms with van der Waals surface area (Å²) in [5.41, 5.74) is 0. The van der Waals surface area contributed by atoms with Crippen molar-refractivity contribution in [3.63, 3.8) is 0 Å². The number of sulfonamides is 1. The third-order valence-corrected chi connectivity index (χ3v) is 3.56. The Labute approximate surface area is 110 Å². The highest BCUT2D eigenvalue weighted by molar-refractivity contribution is 7.89. The van der Waals surface area contributed by atoms with Crippen LogP contribution < -0.4 is 10.5 Å². The van der Waals surface area contributed by atoms with Gasteiger partial charge in [-0.1, -0.05) is 0 Å². The Morgan fingerprint density at radius 1 is 1.42 bits per heavy atom. The van der Waals surface area contributed by atoms with Crippen LogP contribution in [-0.2, 0) is 14.8 Å². The van der Waals surface area contributed by atoms with Crippen LogP contribution in [-0.4, -0.2) is 66.5 Å². The number of nitrogens with one attached hydrogen (secondary N) is 1. The number of aliphatic carboxylic acids is 1. The van der Waals surface area contributed by atoms with Gasteiger partial charge in [0, 0.05) is 19.5 Å². The van der Waals surface area contributed by atoms with Gasteiger partial charge in [0.25, 0.3) is 0 Å². The highest BCUT2D eigenvalue weighted by atomic mass is 32.2. The van der Waals surface area contributed by atoms with Crippen LogP contribution in [0.3, 0.4) is 0 Å². The number of β-amino-alcohol motifs (C(OH)–C–C–N with tert-alkyl or cyclic N) is 1. The van der Waals surface area contributed by atoms with E-state index in [1.165, 1.54) is 0 Å². The Hall–Kier alpha value is -1.39. The first-order chi connectivity index (χ1) is 8.70. The average Bonchev–Trinajstić information content (AvgIpc) is 2.65. The molecule has 1 rings (SSSR count). The number of primary sulfonamides is 1. The number of amides is 2. The lowest BCUT2D eigenvalue weighted by Crippen LogP contribution is -2.46. The Bertz CT molecular complexity index is 451. The summed E-state index contributed by atoms with van der Waals surface area (Å²) in [5, 5.41) is 25.5. The number of hydrogen-bond donors (Lipinski definition) is 4. The Kier molecular flexibility index (Phi) is 5.09. The number of urea groups is 1. The molecule has 1 heterocycles. The van der Waals surface area contributed by atoms with E-state index >= 15 is 0 Å². The van der Waals surface area contributed by atoms with E-state index in [0.717, 1.165) is 4.90 Å². The molecule has 0 aromatic carbocycles. The third kappa shape index (κ3) is 5.01. The molecule has 19 heavy (non-hydrogen) atoms. The average molecular weight is 295 g/mol.